The van der Waals surface area contributed by atoms with E-state index in [1.807, 2.05) is 0 Å². The first-order valence-corrected chi connectivity index (χ1v) is 5.78. The van der Waals surface area contributed by atoms with Gasteiger partial charge in [0.25, 0.3) is 0 Å². The Morgan fingerprint density at radius 1 is 1.20 bits per heavy atom. The highest BCUT2D eigenvalue weighted by atomic mass is 15.0. The maximum atomic E-state index is 2.37. The molecule has 0 saturated heterocycles. The van der Waals surface area contributed by atoms with Crippen LogP contribution in [0.25, 0.3) is 0 Å². The van der Waals surface area contributed by atoms with E-state index in [1.165, 1.54) is 24.1 Å². The number of rotatable bonds is 2. The molecule has 0 bridgehead atoms. The standard InChI is InChI=1S/C14H20N/c1-5-8-13-14(2,3)11-9-6-7-10-12(11)15(13)4/h6-7,9-10H,5,8H2,1-4H3/q+1. The smallest absolute Gasteiger partial charge is 0.202 e. The van der Waals surface area contributed by atoms with Crippen LogP contribution in [-0.2, 0) is 5.41 Å². The summed E-state index contributed by atoms with van der Waals surface area (Å²) in [6.45, 7) is 6.92. The van der Waals surface area contributed by atoms with Gasteiger partial charge in [0, 0.05) is 18.1 Å². The van der Waals surface area contributed by atoms with Crippen molar-refractivity contribution < 1.29 is 4.58 Å². The quantitative estimate of drug-likeness (QED) is 0.646. The SMILES string of the molecule is CCCC1=[N+](C)c2ccccc2C1(C)C. The lowest BCUT2D eigenvalue weighted by molar-refractivity contribution is -0.404. The van der Waals surface area contributed by atoms with Crippen LogP contribution in [0.4, 0.5) is 5.69 Å². The van der Waals surface area contributed by atoms with Gasteiger partial charge in [0.2, 0.25) is 5.69 Å². The van der Waals surface area contributed by atoms with Gasteiger partial charge >= 0.3 is 0 Å². The van der Waals surface area contributed by atoms with Gasteiger partial charge in [-0.05, 0) is 20.3 Å². The fourth-order valence-electron chi connectivity index (χ4n) is 2.73. The lowest BCUT2D eigenvalue weighted by Gasteiger charge is -2.16. The first kappa shape index (κ1) is 10.4. The Balaban J connectivity index is 2.57. The van der Waals surface area contributed by atoms with Crippen LogP contribution < -0.4 is 0 Å². The zero-order valence-corrected chi connectivity index (χ0v) is 10.2. The van der Waals surface area contributed by atoms with Crippen LogP contribution in [0.15, 0.2) is 24.3 Å². The number of benzene rings is 1. The van der Waals surface area contributed by atoms with Gasteiger partial charge in [-0.3, -0.25) is 0 Å². The summed E-state index contributed by atoms with van der Waals surface area (Å²) in [7, 11) is 2.19. The molecular weight excluding hydrogens is 182 g/mol. The van der Waals surface area contributed by atoms with E-state index in [2.05, 4.69) is 56.7 Å². The number of para-hydroxylation sites is 1. The summed E-state index contributed by atoms with van der Waals surface area (Å²) in [6.07, 6.45) is 2.41. The predicted octanol–water partition coefficient (Wildman–Crippen LogP) is 3.49. The van der Waals surface area contributed by atoms with E-state index in [0.29, 0.717) is 0 Å². The van der Waals surface area contributed by atoms with Gasteiger partial charge in [-0.25, -0.2) is 4.58 Å². The minimum absolute atomic E-state index is 0.210. The van der Waals surface area contributed by atoms with Crippen LogP contribution in [0, 0.1) is 0 Å². The molecule has 0 fully saturated rings. The van der Waals surface area contributed by atoms with E-state index < -0.39 is 0 Å². The van der Waals surface area contributed by atoms with Crippen LogP contribution in [0.1, 0.15) is 39.2 Å². The van der Waals surface area contributed by atoms with Crippen molar-refractivity contribution in [2.24, 2.45) is 0 Å². The predicted molar refractivity (Wildman–Crippen MR) is 65.2 cm³/mol. The van der Waals surface area contributed by atoms with E-state index >= 15 is 0 Å². The monoisotopic (exact) mass is 202 g/mol. The molecule has 1 aliphatic rings. The van der Waals surface area contributed by atoms with Gasteiger partial charge in [0.15, 0.2) is 5.71 Å². The molecule has 1 aliphatic heterocycles. The fourth-order valence-corrected chi connectivity index (χ4v) is 2.73. The summed E-state index contributed by atoms with van der Waals surface area (Å²) in [5.41, 5.74) is 4.61. The molecule has 0 aromatic heterocycles. The Kier molecular flexibility index (Phi) is 2.41. The van der Waals surface area contributed by atoms with Crippen molar-refractivity contribution in [3.63, 3.8) is 0 Å². The van der Waals surface area contributed by atoms with Crippen molar-refractivity contribution in [1.82, 2.24) is 0 Å². The first-order chi connectivity index (χ1) is 7.09. The van der Waals surface area contributed by atoms with Gasteiger partial charge in [0.1, 0.15) is 7.05 Å². The fraction of sp³-hybridized carbons (Fsp3) is 0.500. The van der Waals surface area contributed by atoms with Crippen molar-refractivity contribution in [3.8, 4) is 0 Å². The highest BCUT2D eigenvalue weighted by Gasteiger charge is 2.42. The Morgan fingerprint density at radius 2 is 1.87 bits per heavy atom. The van der Waals surface area contributed by atoms with Crippen LogP contribution in [0.3, 0.4) is 0 Å². The van der Waals surface area contributed by atoms with E-state index in [1.54, 1.807) is 5.71 Å². The average molecular weight is 202 g/mol. The summed E-state index contributed by atoms with van der Waals surface area (Å²) < 4.78 is 2.37. The number of nitrogens with zero attached hydrogens (tertiary/aromatic N) is 1. The molecule has 0 radical (unpaired) electrons. The largest absolute Gasteiger partial charge is 0.209 e. The van der Waals surface area contributed by atoms with E-state index in [4.69, 9.17) is 0 Å². The van der Waals surface area contributed by atoms with E-state index in [9.17, 15) is 0 Å². The van der Waals surface area contributed by atoms with Gasteiger partial charge in [-0.1, -0.05) is 25.1 Å². The average Bonchev–Trinajstić information content (AvgIpc) is 2.41. The highest BCUT2D eigenvalue weighted by Crippen LogP contribution is 2.39. The number of fused-ring (bicyclic) bond motifs is 1. The van der Waals surface area contributed by atoms with Crippen molar-refractivity contribution in [2.45, 2.75) is 39.0 Å². The molecule has 0 spiro atoms. The summed E-state index contributed by atoms with van der Waals surface area (Å²) >= 11 is 0. The maximum Gasteiger partial charge on any atom is 0.209 e. The minimum atomic E-state index is 0.210. The molecule has 1 heterocycles. The molecule has 15 heavy (non-hydrogen) atoms. The molecule has 2 rings (SSSR count). The van der Waals surface area contributed by atoms with Gasteiger partial charge in [-0.15, -0.1) is 0 Å². The molecule has 0 amide bonds. The van der Waals surface area contributed by atoms with Gasteiger partial charge < -0.3 is 0 Å². The summed E-state index contributed by atoms with van der Waals surface area (Å²) in [4.78, 5) is 0. The molecule has 0 aliphatic carbocycles. The topological polar surface area (TPSA) is 3.01 Å². The molecule has 1 nitrogen and oxygen atoms in total. The molecular formula is C14H20N+. The third kappa shape index (κ3) is 1.41. The Bertz CT molecular complexity index is 413. The van der Waals surface area contributed by atoms with Crippen LogP contribution in [0.5, 0.6) is 0 Å². The zero-order valence-electron chi connectivity index (χ0n) is 10.2. The molecule has 0 atom stereocenters. The molecule has 1 heteroatoms. The Morgan fingerprint density at radius 3 is 2.47 bits per heavy atom. The highest BCUT2D eigenvalue weighted by molar-refractivity contribution is 5.94. The summed E-state index contributed by atoms with van der Waals surface area (Å²) in [5.74, 6) is 0. The molecule has 0 saturated carbocycles. The summed E-state index contributed by atoms with van der Waals surface area (Å²) in [6, 6.07) is 8.75. The van der Waals surface area contributed by atoms with E-state index in [0.717, 1.165) is 0 Å². The molecule has 1 aromatic carbocycles. The van der Waals surface area contributed by atoms with Crippen molar-refractivity contribution in [1.29, 1.82) is 0 Å². The molecule has 0 N–H and O–H groups in total. The maximum absolute atomic E-state index is 2.37. The zero-order chi connectivity index (χ0) is 11.1. The first-order valence-electron chi connectivity index (χ1n) is 5.78. The number of hydrogen-bond donors (Lipinski definition) is 0. The second-order valence-corrected chi connectivity index (χ2v) is 4.90. The number of hydrogen-bond acceptors (Lipinski definition) is 0. The third-order valence-corrected chi connectivity index (χ3v) is 3.55. The molecule has 1 aromatic rings. The van der Waals surface area contributed by atoms with Crippen molar-refractivity contribution >= 4 is 11.4 Å². The second kappa shape index (κ2) is 3.48. The Hall–Kier alpha value is -1.11. The van der Waals surface area contributed by atoms with Crippen molar-refractivity contribution in [3.05, 3.63) is 29.8 Å². The Labute approximate surface area is 92.5 Å². The van der Waals surface area contributed by atoms with Crippen LogP contribution in [0.2, 0.25) is 0 Å². The normalized spacial score (nSPS) is 18.1. The second-order valence-electron chi connectivity index (χ2n) is 4.90. The molecule has 80 valence electrons. The van der Waals surface area contributed by atoms with Gasteiger partial charge in [0.05, 0.1) is 5.41 Å². The minimum Gasteiger partial charge on any atom is -0.202 e. The van der Waals surface area contributed by atoms with E-state index in [-0.39, 0.29) is 5.41 Å². The summed E-state index contributed by atoms with van der Waals surface area (Å²) in [5, 5.41) is 0. The lowest BCUT2D eigenvalue weighted by atomic mass is 9.80. The third-order valence-electron chi connectivity index (χ3n) is 3.55. The van der Waals surface area contributed by atoms with Gasteiger partial charge in [-0.2, -0.15) is 0 Å². The molecule has 0 unspecified atom stereocenters. The van der Waals surface area contributed by atoms with Crippen molar-refractivity contribution in [2.75, 3.05) is 7.05 Å². The van der Waals surface area contributed by atoms with Crippen LogP contribution in [-0.4, -0.2) is 17.3 Å². The van der Waals surface area contributed by atoms with Crippen LogP contribution >= 0.6 is 0 Å². The lowest BCUT2D eigenvalue weighted by Crippen LogP contribution is -2.28.